The van der Waals surface area contributed by atoms with Crippen molar-refractivity contribution in [1.82, 2.24) is 5.32 Å². The van der Waals surface area contributed by atoms with Gasteiger partial charge in [0.25, 0.3) is 0 Å². The highest BCUT2D eigenvalue weighted by atomic mass is 16.5. The molecule has 0 radical (unpaired) electrons. The van der Waals surface area contributed by atoms with Crippen LogP contribution in [0.15, 0.2) is 0 Å². The molecule has 2 aliphatic carbocycles. The van der Waals surface area contributed by atoms with Crippen molar-refractivity contribution in [3.63, 3.8) is 0 Å². The molecule has 0 spiro atoms. The van der Waals surface area contributed by atoms with Gasteiger partial charge in [-0.1, -0.05) is 20.3 Å². The van der Waals surface area contributed by atoms with Crippen LogP contribution in [0.4, 0.5) is 0 Å². The van der Waals surface area contributed by atoms with Crippen molar-refractivity contribution in [1.29, 1.82) is 0 Å². The van der Waals surface area contributed by atoms with Gasteiger partial charge < -0.3 is 10.1 Å². The van der Waals surface area contributed by atoms with Crippen LogP contribution in [0, 0.1) is 5.41 Å². The molecule has 94 valence electrons. The van der Waals surface area contributed by atoms with Gasteiger partial charge in [-0.3, -0.25) is 0 Å². The number of ether oxygens (including phenoxy) is 1. The molecule has 0 aromatic heterocycles. The third-order valence-corrected chi connectivity index (χ3v) is 4.39. The predicted octanol–water partition coefficient (Wildman–Crippen LogP) is 3.11. The molecule has 0 aromatic carbocycles. The first-order chi connectivity index (χ1) is 7.59. The number of rotatable bonds is 3. The first kappa shape index (κ1) is 12.4. The van der Waals surface area contributed by atoms with Crippen LogP contribution >= 0.6 is 0 Å². The van der Waals surface area contributed by atoms with E-state index in [4.69, 9.17) is 4.74 Å². The molecular formula is C14H27NO. The minimum atomic E-state index is 0.508. The van der Waals surface area contributed by atoms with E-state index in [0.717, 1.165) is 6.04 Å². The van der Waals surface area contributed by atoms with E-state index in [2.05, 4.69) is 19.2 Å². The Morgan fingerprint density at radius 2 is 1.94 bits per heavy atom. The van der Waals surface area contributed by atoms with Gasteiger partial charge in [0.05, 0.1) is 6.10 Å². The highest BCUT2D eigenvalue weighted by Crippen LogP contribution is 2.36. The number of hydrogen-bond acceptors (Lipinski definition) is 2. The summed E-state index contributed by atoms with van der Waals surface area (Å²) >= 11 is 0. The molecule has 0 bridgehead atoms. The van der Waals surface area contributed by atoms with E-state index in [1.54, 1.807) is 0 Å². The Bertz CT molecular complexity index is 227. The van der Waals surface area contributed by atoms with Gasteiger partial charge in [0.1, 0.15) is 0 Å². The van der Waals surface area contributed by atoms with Gasteiger partial charge in [0, 0.05) is 19.2 Å². The molecule has 2 fully saturated rings. The second-order valence-electron chi connectivity index (χ2n) is 6.49. The second-order valence-corrected chi connectivity index (χ2v) is 6.49. The van der Waals surface area contributed by atoms with E-state index in [0.29, 0.717) is 17.6 Å². The minimum Gasteiger partial charge on any atom is -0.381 e. The molecule has 2 saturated carbocycles. The molecule has 2 heteroatoms. The summed E-state index contributed by atoms with van der Waals surface area (Å²) in [4.78, 5) is 0. The van der Waals surface area contributed by atoms with Crippen LogP contribution in [0.25, 0.3) is 0 Å². The van der Waals surface area contributed by atoms with Crippen molar-refractivity contribution in [3.8, 4) is 0 Å². The standard InChI is InChI=1S/C14H27NO/c1-14(2)8-4-5-12(10-14)15-11-6-7-13(9-11)16-3/h11-13,15H,4-10H2,1-3H3. The quantitative estimate of drug-likeness (QED) is 0.797. The Morgan fingerprint density at radius 3 is 2.56 bits per heavy atom. The van der Waals surface area contributed by atoms with Gasteiger partial charge in [-0.25, -0.2) is 0 Å². The van der Waals surface area contributed by atoms with Crippen LogP contribution in [0.5, 0.6) is 0 Å². The van der Waals surface area contributed by atoms with Gasteiger partial charge in [-0.15, -0.1) is 0 Å². The predicted molar refractivity (Wildman–Crippen MR) is 67.6 cm³/mol. The van der Waals surface area contributed by atoms with Gasteiger partial charge in [0.2, 0.25) is 0 Å². The molecule has 3 unspecified atom stereocenters. The lowest BCUT2D eigenvalue weighted by molar-refractivity contribution is 0.105. The Morgan fingerprint density at radius 1 is 1.12 bits per heavy atom. The molecule has 16 heavy (non-hydrogen) atoms. The van der Waals surface area contributed by atoms with Gasteiger partial charge in [-0.05, 0) is 43.9 Å². The van der Waals surface area contributed by atoms with Gasteiger partial charge in [-0.2, -0.15) is 0 Å². The fourth-order valence-electron chi connectivity index (χ4n) is 3.48. The Hall–Kier alpha value is -0.0800. The molecule has 0 amide bonds. The van der Waals surface area contributed by atoms with Crippen LogP contribution in [0.2, 0.25) is 0 Å². The van der Waals surface area contributed by atoms with Crippen molar-refractivity contribution < 1.29 is 4.74 Å². The summed E-state index contributed by atoms with van der Waals surface area (Å²) < 4.78 is 5.43. The maximum atomic E-state index is 5.43. The van der Waals surface area contributed by atoms with E-state index in [1.807, 2.05) is 7.11 Å². The Labute approximate surface area is 100 Å². The van der Waals surface area contributed by atoms with Crippen molar-refractivity contribution in [3.05, 3.63) is 0 Å². The Balaban J connectivity index is 1.77. The number of hydrogen-bond donors (Lipinski definition) is 1. The van der Waals surface area contributed by atoms with E-state index in [9.17, 15) is 0 Å². The normalized spacial score (nSPS) is 38.8. The van der Waals surface area contributed by atoms with Crippen molar-refractivity contribution in [2.75, 3.05) is 7.11 Å². The Kier molecular flexibility index (Phi) is 3.91. The average molecular weight is 225 g/mol. The van der Waals surface area contributed by atoms with Crippen LogP contribution in [-0.4, -0.2) is 25.3 Å². The third kappa shape index (κ3) is 3.21. The first-order valence-electron chi connectivity index (χ1n) is 6.88. The molecule has 3 atom stereocenters. The highest BCUT2D eigenvalue weighted by Gasteiger charge is 2.31. The monoisotopic (exact) mass is 225 g/mol. The zero-order chi connectivity index (χ0) is 11.6. The number of nitrogens with one attached hydrogen (secondary N) is 1. The van der Waals surface area contributed by atoms with E-state index >= 15 is 0 Å². The molecule has 0 aliphatic heterocycles. The summed E-state index contributed by atoms with van der Waals surface area (Å²) in [5, 5.41) is 3.86. The molecule has 0 saturated heterocycles. The van der Waals surface area contributed by atoms with E-state index in [1.165, 1.54) is 44.9 Å². The van der Waals surface area contributed by atoms with Crippen molar-refractivity contribution >= 4 is 0 Å². The molecule has 1 N–H and O–H groups in total. The van der Waals surface area contributed by atoms with Gasteiger partial charge in [0.15, 0.2) is 0 Å². The van der Waals surface area contributed by atoms with Crippen LogP contribution in [0.3, 0.4) is 0 Å². The lowest BCUT2D eigenvalue weighted by Gasteiger charge is -2.37. The fraction of sp³-hybridized carbons (Fsp3) is 1.00. The lowest BCUT2D eigenvalue weighted by Crippen LogP contribution is -2.42. The topological polar surface area (TPSA) is 21.3 Å². The van der Waals surface area contributed by atoms with E-state index in [-0.39, 0.29) is 0 Å². The summed E-state index contributed by atoms with van der Waals surface area (Å²) in [6, 6.07) is 1.47. The molecule has 0 aromatic rings. The average Bonchev–Trinajstić information content (AvgIpc) is 2.64. The molecular weight excluding hydrogens is 198 g/mol. The summed E-state index contributed by atoms with van der Waals surface area (Å²) in [5.74, 6) is 0. The van der Waals surface area contributed by atoms with Crippen molar-refractivity contribution in [2.45, 2.75) is 77.0 Å². The smallest absolute Gasteiger partial charge is 0.0586 e. The van der Waals surface area contributed by atoms with Gasteiger partial charge >= 0.3 is 0 Å². The SMILES string of the molecule is COC1CCC(NC2CCCC(C)(C)C2)C1. The van der Waals surface area contributed by atoms with Crippen LogP contribution in [-0.2, 0) is 4.74 Å². The first-order valence-corrected chi connectivity index (χ1v) is 6.88. The minimum absolute atomic E-state index is 0.508. The maximum absolute atomic E-state index is 5.43. The molecule has 2 aliphatic rings. The van der Waals surface area contributed by atoms with Crippen LogP contribution < -0.4 is 5.32 Å². The third-order valence-electron chi connectivity index (χ3n) is 4.39. The summed E-state index contributed by atoms with van der Waals surface area (Å²) in [6.45, 7) is 4.82. The number of methoxy groups -OCH3 is 1. The molecule has 0 heterocycles. The largest absolute Gasteiger partial charge is 0.381 e. The second kappa shape index (κ2) is 5.05. The van der Waals surface area contributed by atoms with Crippen LogP contribution in [0.1, 0.15) is 58.8 Å². The summed E-state index contributed by atoms with van der Waals surface area (Å²) in [6.07, 6.45) is 9.78. The lowest BCUT2D eigenvalue weighted by atomic mass is 9.75. The highest BCUT2D eigenvalue weighted by molar-refractivity contribution is 4.88. The van der Waals surface area contributed by atoms with Crippen molar-refractivity contribution in [2.24, 2.45) is 5.41 Å². The summed E-state index contributed by atoms with van der Waals surface area (Å²) in [7, 11) is 1.84. The maximum Gasteiger partial charge on any atom is 0.0586 e. The fourth-order valence-corrected chi connectivity index (χ4v) is 3.48. The zero-order valence-corrected chi connectivity index (χ0v) is 11.1. The summed E-state index contributed by atoms with van der Waals surface area (Å²) in [5.41, 5.74) is 0.551. The molecule has 2 rings (SSSR count). The zero-order valence-electron chi connectivity index (χ0n) is 11.1. The molecule has 2 nitrogen and oxygen atoms in total. The van der Waals surface area contributed by atoms with E-state index < -0.39 is 0 Å².